The van der Waals surface area contributed by atoms with Gasteiger partial charge in [0.15, 0.2) is 0 Å². The van der Waals surface area contributed by atoms with Gasteiger partial charge in [-0.05, 0) is 35.4 Å². The lowest BCUT2D eigenvalue weighted by Gasteiger charge is -2.05. The van der Waals surface area contributed by atoms with Crippen molar-refractivity contribution in [2.75, 3.05) is 7.11 Å². The summed E-state index contributed by atoms with van der Waals surface area (Å²) in [5.74, 6) is 0.625. The molecule has 0 fully saturated rings. The standard InChI is InChI=1S/C18H19N3O2/c1-23-15-5-6-16-14(8-15)9-17(21-16)18(22)20-11-13-4-2-3-12(7-13)10-19/h2-9,21H,10-11,19H2,1H3,(H,20,22). The van der Waals surface area contributed by atoms with Crippen LogP contribution in [0.25, 0.3) is 10.9 Å². The number of carbonyl (C=O) groups is 1. The van der Waals surface area contributed by atoms with E-state index >= 15 is 0 Å². The highest BCUT2D eigenvalue weighted by Gasteiger charge is 2.10. The monoisotopic (exact) mass is 309 g/mol. The highest BCUT2D eigenvalue weighted by atomic mass is 16.5. The minimum absolute atomic E-state index is 0.140. The predicted molar refractivity (Wildman–Crippen MR) is 90.4 cm³/mol. The minimum Gasteiger partial charge on any atom is -0.497 e. The van der Waals surface area contributed by atoms with E-state index in [0.717, 1.165) is 27.8 Å². The molecule has 5 heteroatoms. The zero-order valence-corrected chi connectivity index (χ0v) is 12.9. The van der Waals surface area contributed by atoms with Gasteiger partial charge in [0.1, 0.15) is 11.4 Å². The van der Waals surface area contributed by atoms with Crippen LogP contribution in [0.15, 0.2) is 48.5 Å². The summed E-state index contributed by atoms with van der Waals surface area (Å²) in [5, 5.41) is 3.86. The van der Waals surface area contributed by atoms with Crippen molar-refractivity contribution in [1.82, 2.24) is 10.3 Å². The van der Waals surface area contributed by atoms with Gasteiger partial charge in [0, 0.05) is 24.0 Å². The lowest BCUT2D eigenvalue weighted by molar-refractivity contribution is 0.0946. The number of methoxy groups -OCH3 is 1. The number of amides is 1. The fourth-order valence-corrected chi connectivity index (χ4v) is 2.50. The highest BCUT2D eigenvalue weighted by molar-refractivity contribution is 5.98. The van der Waals surface area contributed by atoms with E-state index in [1.54, 1.807) is 7.11 Å². The summed E-state index contributed by atoms with van der Waals surface area (Å²) < 4.78 is 5.19. The maximum absolute atomic E-state index is 12.3. The summed E-state index contributed by atoms with van der Waals surface area (Å²) >= 11 is 0. The van der Waals surface area contributed by atoms with E-state index < -0.39 is 0 Å². The van der Waals surface area contributed by atoms with E-state index in [-0.39, 0.29) is 5.91 Å². The first kappa shape index (κ1) is 15.1. The van der Waals surface area contributed by atoms with Crippen molar-refractivity contribution in [3.05, 3.63) is 65.4 Å². The molecule has 2 aromatic carbocycles. The van der Waals surface area contributed by atoms with Crippen LogP contribution >= 0.6 is 0 Å². The molecule has 0 aliphatic heterocycles. The third kappa shape index (κ3) is 3.35. The van der Waals surface area contributed by atoms with Crippen LogP contribution in [-0.2, 0) is 13.1 Å². The van der Waals surface area contributed by atoms with Crippen LogP contribution in [0.2, 0.25) is 0 Å². The number of benzene rings is 2. The SMILES string of the molecule is COc1ccc2[nH]c(C(=O)NCc3cccc(CN)c3)cc2c1. The molecule has 5 nitrogen and oxygen atoms in total. The molecule has 1 heterocycles. The number of carbonyl (C=O) groups excluding carboxylic acids is 1. The molecule has 1 aromatic heterocycles. The number of aromatic amines is 1. The molecule has 4 N–H and O–H groups in total. The van der Waals surface area contributed by atoms with Gasteiger partial charge < -0.3 is 20.8 Å². The summed E-state index contributed by atoms with van der Waals surface area (Å²) in [4.78, 5) is 15.4. The number of rotatable bonds is 5. The van der Waals surface area contributed by atoms with E-state index in [1.165, 1.54) is 0 Å². The van der Waals surface area contributed by atoms with Gasteiger partial charge >= 0.3 is 0 Å². The molecule has 0 spiro atoms. The van der Waals surface area contributed by atoms with Crippen LogP contribution in [0.4, 0.5) is 0 Å². The van der Waals surface area contributed by atoms with Crippen LogP contribution in [0.1, 0.15) is 21.6 Å². The molecular formula is C18H19N3O2. The summed E-state index contributed by atoms with van der Waals surface area (Å²) in [7, 11) is 1.62. The Balaban J connectivity index is 1.72. The zero-order chi connectivity index (χ0) is 16.2. The number of ether oxygens (including phenoxy) is 1. The van der Waals surface area contributed by atoms with Crippen molar-refractivity contribution in [1.29, 1.82) is 0 Å². The molecule has 0 radical (unpaired) electrons. The van der Waals surface area contributed by atoms with E-state index in [1.807, 2.05) is 48.5 Å². The number of hydrogen-bond donors (Lipinski definition) is 3. The van der Waals surface area contributed by atoms with Gasteiger partial charge in [-0.2, -0.15) is 0 Å². The Bertz CT molecular complexity index is 839. The zero-order valence-electron chi connectivity index (χ0n) is 12.9. The first-order chi connectivity index (χ1) is 11.2. The molecule has 0 atom stereocenters. The van der Waals surface area contributed by atoms with Crippen LogP contribution in [-0.4, -0.2) is 18.0 Å². The lowest BCUT2D eigenvalue weighted by atomic mass is 10.1. The second-order valence-electron chi connectivity index (χ2n) is 5.34. The van der Waals surface area contributed by atoms with Crippen molar-refractivity contribution in [2.24, 2.45) is 5.73 Å². The third-order valence-electron chi connectivity index (χ3n) is 3.75. The summed E-state index contributed by atoms with van der Waals surface area (Å²) in [6, 6.07) is 15.4. The fourth-order valence-electron chi connectivity index (χ4n) is 2.50. The number of hydrogen-bond acceptors (Lipinski definition) is 3. The molecular weight excluding hydrogens is 290 g/mol. The summed E-state index contributed by atoms with van der Waals surface area (Å²) in [5.41, 5.74) is 9.14. The van der Waals surface area contributed by atoms with Crippen molar-refractivity contribution >= 4 is 16.8 Å². The summed E-state index contributed by atoms with van der Waals surface area (Å²) in [6.45, 7) is 0.955. The van der Waals surface area contributed by atoms with Crippen LogP contribution in [0, 0.1) is 0 Å². The Labute approximate surface area is 134 Å². The second kappa shape index (κ2) is 6.54. The first-order valence-corrected chi connectivity index (χ1v) is 7.42. The molecule has 3 aromatic rings. The van der Waals surface area contributed by atoms with Crippen molar-refractivity contribution < 1.29 is 9.53 Å². The maximum Gasteiger partial charge on any atom is 0.267 e. The predicted octanol–water partition coefficient (Wildman–Crippen LogP) is 2.57. The molecule has 23 heavy (non-hydrogen) atoms. The number of H-pyrrole nitrogens is 1. The number of fused-ring (bicyclic) bond motifs is 1. The molecule has 0 saturated carbocycles. The van der Waals surface area contributed by atoms with Crippen LogP contribution in [0.5, 0.6) is 5.75 Å². The number of nitrogens with one attached hydrogen (secondary N) is 2. The maximum atomic E-state index is 12.3. The Hall–Kier alpha value is -2.79. The second-order valence-corrected chi connectivity index (χ2v) is 5.34. The van der Waals surface area contributed by atoms with E-state index in [9.17, 15) is 4.79 Å². The third-order valence-corrected chi connectivity index (χ3v) is 3.75. The van der Waals surface area contributed by atoms with Crippen LogP contribution in [0.3, 0.4) is 0 Å². The number of aromatic nitrogens is 1. The molecule has 0 aliphatic rings. The van der Waals surface area contributed by atoms with Gasteiger partial charge in [-0.25, -0.2) is 0 Å². The van der Waals surface area contributed by atoms with Crippen molar-refractivity contribution in [3.8, 4) is 5.75 Å². The van der Waals surface area contributed by atoms with Crippen molar-refractivity contribution in [2.45, 2.75) is 13.1 Å². The lowest BCUT2D eigenvalue weighted by Crippen LogP contribution is -2.23. The Morgan fingerprint density at radius 1 is 1.17 bits per heavy atom. The molecule has 0 aliphatic carbocycles. The van der Waals surface area contributed by atoms with Gasteiger partial charge in [-0.15, -0.1) is 0 Å². The highest BCUT2D eigenvalue weighted by Crippen LogP contribution is 2.21. The average Bonchev–Trinajstić information content (AvgIpc) is 3.03. The van der Waals surface area contributed by atoms with Gasteiger partial charge in [0.2, 0.25) is 0 Å². The van der Waals surface area contributed by atoms with Crippen molar-refractivity contribution in [3.63, 3.8) is 0 Å². The Kier molecular flexibility index (Phi) is 4.30. The normalized spacial score (nSPS) is 10.7. The molecule has 118 valence electrons. The van der Waals surface area contributed by atoms with Gasteiger partial charge in [-0.1, -0.05) is 24.3 Å². The van der Waals surface area contributed by atoms with E-state index in [0.29, 0.717) is 18.8 Å². The minimum atomic E-state index is -0.140. The molecule has 3 rings (SSSR count). The molecule has 1 amide bonds. The molecule has 0 bridgehead atoms. The molecule has 0 unspecified atom stereocenters. The number of nitrogens with two attached hydrogens (primary N) is 1. The smallest absolute Gasteiger partial charge is 0.267 e. The topological polar surface area (TPSA) is 80.1 Å². The quantitative estimate of drug-likeness (QED) is 0.677. The Morgan fingerprint density at radius 2 is 2.00 bits per heavy atom. The van der Waals surface area contributed by atoms with Gasteiger partial charge in [0.05, 0.1) is 7.11 Å². The first-order valence-electron chi connectivity index (χ1n) is 7.42. The van der Waals surface area contributed by atoms with E-state index in [2.05, 4.69) is 10.3 Å². The van der Waals surface area contributed by atoms with E-state index in [4.69, 9.17) is 10.5 Å². The van der Waals surface area contributed by atoms with Gasteiger partial charge in [-0.3, -0.25) is 4.79 Å². The average molecular weight is 309 g/mol. The van der Waals surface area contributed by atoms with Crippen LogP contribution < -0.4 is 15.8 Å². The largest absolute Gasteiger partial charge is 0.497 e. The fraction of sp³-hybridized carbons (Fsp3) is 0.167. The molecule has 0 saturated heterocycles. The Morgan fingerprint density at radius 3 is 2.78 bits per heavy atom. The summed E-state index contributed by atoms with van der Waals surface area (Å²) in [6.07, 6.45) is 0. The van der Waals surface area contributed by atoms with Gasteiger partial charge in [0.25, 0.3) is 5.91 Å².